The summed E-state index contributed by atoms with van der Waals surface area (Å²) < 4.78 is 5.51. The van der Waals surface area contributed by atoms with E-state index in [1.54, 1.807) is 39.4 Å². The fourth-order valence-electron chi connectivity index (χ4n) is 4.58. The average Bonchev–Trinajstić information content (AvgIpc) is 2.94. The number of anilines is 4. The van der Waals surface area contributed by atoms with Gasteiger partial charge in [0, 0.05) is 31.4 Å². The fourth-order valence-corrected chi connectivity index (χ4v) is 4.58. The van der Waals surface area contributed by atoms with E-state index in [-0.39, 0.29) is 11.9 Å². The second-order valence-electron chi connectivity index (χ2n) is 9.28. The molecule has 2 aromatic carbocycles. The third kappa shape index (κ3) is 6.17. The Kier molecular flexibility index (Phi) is 8.22. The standard InChI is InChI=1S/C28H34N6O3/c1-18-10-11-21(15-22(18)33-28(36)34(3)26-16-25(29-2)30-17-31-26)27(35)32-23-14-20(12-13-24(23)37-4)19-8-6-5-7-9-19/h10-17,19H,5-9H2,1-4H3,(H,32,35)(H,33,36)(H,29,30,31). The van der Waals surface area contributed by atoms with Gasteiger partial charge in [-0.1, -0.05) is 31.4 Å². The first kappa shape index (κ1) is 25.9. The molecule has 1 aliphatic rings. The summed E-state index contributed by atoms with van der Waals surface area (Å²) in [4.78, 5) is 35.8. The topological polar surface area (TPSA) is 108 Å². The normalized spacial score (nSPS) is 13.5. The van der Waals surface area contributed by atoms with Gasteiger partial charge in [0.1, 0.15) is 23.7 Å². The van der Waals surface area contributed by atoms with Crippen LogP contribution in [0.2, 0.25) is 0 Å². The highest BCUT2D eigenvalue weighted by Crippen LogP contribution is 2.36. The van der Waals surface area contributed by atoms with Crippen LogP contribution in [0.5, 0.6) is 5.75 Å². The van der Waals surface area contributed by atoms with Gasteiger partial charge in [0.2, 0.25) is 0 Å². The van der Waals surface area contributed by atoms with E-state index in [9.17, 15) is 9.59 Å². The molecule has 1 saturated carbocycles. The van der Waals surface area contributed by atoms with Crippen molar-refractivity contribution in [1.82, 2.24) is 9.97 Å². The van der Waals surface area contributed by atoms with E-state index in [4.69, 9.17) is 4.74 Å². The molecule has 0 radical (unpaired) electrons. The number of methoxy groups -OCH3 is 1. The molecule has 1 heterocycles. The Morgan fingerprint density at radius 2 is 1.76 bits per heavy atom. The highest BCUT2D eigenvalue weighted by atomic mass is 16.5. The van der Waals surface area contributed by atoms with E-state index in [2.05, 4.69) is 32.0 Å². The number of amides is 3. The molecule has 3 aromatic rings. The van der Waals surface area contributed by atoms with Gasteiger partial charge in [0.15, 0.2) is 0 Å². The minimum atomic E-state index is -0.386. The van der Waals surface area contributed by atoms with E-state index < -0.39 is 0 Å². The van der Waals surface area contributed by atoms with E-state index in [0.717, 1.165) is 5.56 Å². The van der Waals surface area contributed by atoms with Crippen molar-refractivity contribution in [3.05, 3.63) is 65.5 Å². The number of rotatable bonds is 7. The molecule has 1 aromatic heterocycles. The summed E-state index contributed by atoms with van der Waals surface area (Å²) in [6.45, 7) is 1.87. The average molecular weight is 503 g/mol. The molecular weight excluding hydrogens is 468 g/mol. The lowest BCUT2D eigenvalue weighted by atomic mass is 9.84. The van der Waals surface area contributed by atoms with Gasteiger partial charge in [0.25, 0.3) is 5.91 Å². The van der Waals surface area contributed by atoms with E-state index in [0.29, 0.717) is 40.2 Å². The summed E-state index contributed by atoms with van der Waals surface area (Å²) in [6.07, 6.45) is 7.48. The van der Waals surface area contributed by atoms with Crippen molar-refractivity contribution >= 4 is 34.9 Å². The summed E-state index contributed by atoms with van der Waals surface area (Å²) in [5.74, 6) is 1.88. The van der Waals surface area contributed by atoms with Crippen LogP contribution in [0.15, 0.2) is 48.8 Å². The van der Waals surface area contributed by atoms with Crippen LogP contribution in [-0.2, 0) is 0 Å². The highest BCUT2D eigenvalue weighted by Gasteiger charge is 2.19. The number of carbonyl (C=O) groups is 2. The molecule has 1 fully saturated rings. The Labute approximate surface area is 217 Å². The van der Waals surface area contributed by atoms with E-state index >= 15 is 0 Å². The van der Waals surface area contributed by atoms with Crippen LogP contribution in [0.3, 0.4) is 0 Å². The summed E-state index contributed by atoms with van der Waals surface area (Å²) in [5.41, 5.74) is 3.66. The summed E-state index contributed by atoms with van der Waals surface area (Å²) in [5, 5.41) is 8.82. The lowest BCUT2D eigenvalue weighted by Crippen LogP contribution is -2.32. The van der Waals surface area contributed by atoms with Gasteiger partial charge in [-0.25, -0.2) is 14.8 Å². The number of aryl methyl sites for hydroxylation is 1. The van der Waals surface area contributed by atoms with Crippen LogP contribution < -0.4 is 25.6 Å². The molecule has 0 aliphatic heterocycles. The Morgan fingerprint density at radius 3 is 2.49 bits per heavy atom. The van der Waals surface area contributed by atoms with Gasteiger partial charge in [-0.2, -0.15) is 0 Å². The van der Waals surface area contributed by atoms with Crippen LogP contribution in [-0.4, -0.2) is 43.1 Å². The number of benzene rings is 2. The molecule has 1 aliphatic carbocycles. The van der Waals surface area contributed by atoms with Gasteiger partial charge in [-0.3, -0.25) is 9.69 Å². The number of carbonyl (C=O) groups excluding carboxylic acids is 2. The number of hydrogen-bond donors (Lipinski definition) is 3. The Bertz CT molecular complexity index is 1270. The predicted molar refractivity (Wildman–Crippen MR) is 147 cm³/mol. The molecule has 3 amide bonds. The summed E-state index contributed by atoms with van der Waals surface area (Å²) in [6, 6.07) is 12.6. The van der Waals surface area contributed by atoms with Crippen LogP contribution in [0.4, 0.5) is 27.8 Å². The Morgan fingerprint density at radius 1 is 0.973 bits per heavy atom. The largest absolute Gasteiger partial charge is 0.495 e. The van der Waals surface area contributed by atoms with Crippen LogP contribution in [0.1, 0.15) is 59.5 Å². The van der Waals surface area contributed by atoms with Crippen molar-refractivity contribution < 1.29 is 14.3 Å². The first-order chi connectivity index (χ1) is 17.9. The highest BCUT2D eigenvalue weighted by molar-refractivity contribution is 6.07. The number of ether oxygens (including phenoxy) is 1. The summed E-state index contributed by atoms with van der Waals surface area (Å²) in [7, 11) is 4.96. The third-order valence-electron chi connectivity index (χ3n) is 6.85. The molecule has 194 valence electrons. The maximum atomic E-state index is 13.2. The molecule has 9 heteroatoms. The lowest BCUT2D eigenvalue weighted by Gasteiger charge is -2.23. The van der Waals surface area contributed by atoms with Gasteiger partial charge < -0.3 is 20.7 Å². The van der Waals surface area contributed by atoms with Gasteiger partial charge in [0.05, 0.1) is 12.8 Å². The van der Waals surface area contributed by atoms with E-state index in [1.807, 2.05) is 25.1 Å². The Hall–Kier alpha value is -4.14. The number of nitrogens with one attached hydrogen (secondary N) is 3. The Balaban J connectivity index is 1.51. The molecule has 4 rings (SSSR count). The van der Waals surface area contributed by atoms with Crippen LogP contribution >= 0.6 is 0 Å². The first-order valence-corrected chi connectivity index (χ1v) is 12.5. The summed E-state index contributed by atoms with van der Waals surface area (Å²) >= 11 is 0. The van der Waals surface area contributed by atoms with Gasteiger partial charge >= 0.3 is 6.03 Å². The third-order valence-corrected chi connectivity index (χ3v) is 6.85. The number of urea groups is 1. The molecule has 0 unspecified atom stereocenters. The molecular formula is C28H34N6O3. The minimum absolute atomic E-state index is 0.280. The smallest absolute Gasteiger partial charge is 0.327 e. The molecule has 3 N–H and O–H groups in total. The first-order valence-electron chi connectivity index (χ1n) is 12.5. The zero-order chi connectivity index (χ0) is 26.4. The van der Waals surface area contributed by atoms with Crippen molar-refractivity contribution in [2.75, 3.05) is 42.1 Å². The lowest BCUT2D eigenvalue weighted by molar-refractivity contribution is 0.102. The van der Waals surface area contributed by atoms with E-state index in [1.165, 1.54) is 48.9 Å². The van der Waals surface area contributed by atoms with Crippen molar-refractivity contribution in [2.24, 2.45) is 0 Å². The monoisotopic (exact) mass is 502 g/mol. The maximum Gasteiger partial charge on any atom is 0.327 e. The maximum absolute atomic E-state index is 13.2. The molecule has 0 spiro atoms. The zero-order valence-corrected chi connectivity index (χ0v) is 21.8. The van der Waals surface area contributed by atoms with Gasteiger partial charge in [-0.05, 0) is 61.1 Å². The van der Waals surface area contributed by atoms with Gasteiger partial charge in [-0.15, -0.1) is 0 Å². The number of hydrogen-bond acceptors (Lipinski definition) is 6. The fraction of sp³-hybridized carbons (Fsp3) is 0.357. The molecule has 9 nitrogen and oxygen atoms in total. The van der Waals surface area contributed by atoms with Crippen LogP contribution in [0, 0.1) is 6.92 Å². The van der Waals surface area contributed by atoms with Crippen molar-refractivity contribution in [2.45, 2.75) is 44.9 Å². The second kappa shape index (κ2) is 11.7. The quantitative estimate of drug-likeness (QED) is 0.377. The van der Waals surface area contributed by atoms with Crippen molar-refractivity contribution in [1.29, 1.82) is 0 Å². The second-order valence-corrected chi connectivity index (χ2v) is 9.28. The minimum Gasteiger partial charge on any atom is -0.495 e. The number of aromatic nitrogens is 2. The molecule has 0 saturated heterocycles. The van der Waals surface area contributed by atoms with Crippen molar-refractivity contribution in [3.63, 3.8) is 0 Å². The zero-order valence-electron chi connectivity index (χ0n) is 21.8. The molecule has 0 atom stereocenters. The molecule has 0 bridgehead atoms. The number of nitrogens with zero attached hydrogens (tertiary/aromatic N) is 3. The predicted octanol–water partition coefficient (Wildman–Crippen LogP) is 5.80. The van der Waals surface area contributed by atoms with Crippen molar-refractivity contribution in [3.8, 4) is 5.75 Å². The van der Waals surface area contributed by atoms with Crippen LogP contribution in [0.25, 0.3) is 0 Å². The SMILES string of the molecule is CNc1cc(N(C)C(=O)Nc2cc(C(=O)Nc3cc(C4CCCCC4)ccc3OC)ccc2C)ncn1. The molecule has 37 heavy (non-hydrogen) atoms.